The van der Waals surface area contributed by atoms with Crippen molar-refractivity contribution < 1.29 is 0 Å². The smallest absolute Gasteiger partial charge is 0.135 e. The molecule has 0 unspecified atom stereocenters. The van der Waals surface area contributed by atoms with Gasteiger partial charge in [0.05, 0.1) is 0 Å². The summed E-state index contributed by atoms with van der Waals surface area (Å²) in [6.45, 7) is 1.97. The molecular formula is C11H18N4. The molecule has 4 nitrogen and oxygen atoms in total. The molecule has 0 fully saturated rings. The third kappa shape index (κ3) is 2.09. The zero-order chi connectivity index (χ0) is 10.7. The Kier molecular flexibility index (Phi) is 3.16. The van der Waals surface area contributed by atoms with E-state index in [1.165, 1.54) is 17.7 Å². The standard InChI is InChI=1S/C11H18N4/c1-12-6-7-15(2)11-9-4-3-5-10(9)13-8-14-11/h8,12H,3-7H2,1-2H3. The van der Waals surface area contributed by atoms with Gasteiger partial charge in [-0.05, 0) is 26.3 Å². The molecule has 0 aromatic carbocycles. The quantitative estimate of drug-likeness (QED) is 0.784. The largest absolute Gasteiger partial charge is 0.358 e. The van der Waals surface area contributed by atoms with E-state index in [0.29, 0.717) is 0 Å². The van der Waals surface area contributed by atoms with Crippen LogP contribution in [0.2, 0.25) is 0 Å². The Morgan fingerprint density at radius 2 is 2.27 bits per heavy atom. The molecule has 1 heterocycles. The molecule has 1 aromatic heterocycles. The first kappa shape index (κ1) is 10.4. The highest BCUT2D eigenvalue weighted by Gasteiger charge is 2.18. The van der Waals surface area contributed by atoms with Gasteiger partial charge >= 0.3 is 0 Å². The Labute approximate surface area is 90.7 Å². The fourth-order valence-corrected chi connectivity index (χ4v) is 2.06. The molecule has 0 amide bonds. The monoisotopic (exact) mass is 206 g/mol. The van der Waals surface area contributed by atoms with Crippen LogP contribution in [-0.4, -0.2) is 37.2 Å². The van der Waals surface area contributed by atoms with Gasteiger partial charge in [-0.1, -0.05) is 0 Å². The van der Waals surface area contributed by atoms with Crippen molar-refractivity contribution >= 4 is 5.82 Å². The first-order valence-corrected chi connectivity index (χ1v) is 5.51. The lowest BCUT2D eigenvalue weighted by Gasteiger charge is -2.20. The van der Waals surface area contributed by atoms with Crippen LogP contribution in [0.1, 0.15) is 17.7 Å². The molecule has 1 N–H and O–H groups in total. The number of hydrogen-bond acceptors (Lipinski definition) is 4. The molecule has 4 heteroatoms. The van der Waals surface area contributed by atoms with E-state index in [4.69, 9.17) is 0 Å². The molecule has 0 radical (unpaired) electrons. The van der Waals surface area contributed by atoms with E-state index in [0.717, 1.165) is 31.7 Å². The van der Waals surface area contributed by atoms with Crippen molar-refractivity contribution in [3.8, 4) is 0 Å². The third-order valence-electron chi connectivity index (χ3n) is 2.91. The molecule has 0 saturated carbocycles. The molecule has 0 atom stereocenters. The lowest BCUT2D eigenvalue weighted by molar-refractivity contribution is 0.756. The number of likely N-dealkylation sites (N-methyl/N-ethyl adjacent to an activating group) is 2. The maximum Gasteiger partial charge on any atom is 0.135 e. The molecule has 1 aliphatic rings. The lowest BCUT2D eigenvalue weighted by Crippen LogP contribution is -2.28. The van der Waals surface area contributed by atoms with Gasteiger partial charge in [-0.25, -0.2) is 9.97 Å². The van der Waals surface area contributed by atoms with Crippen molar-refractivity contribution in [2.24, 2.45) is 0 Å². The molecule has 0 aliphatic heterocycles. The number of aromatic nitrogens is 2. The van der Waals surface area contributed by atoms with Crippen molar-refractivity contribution in [3.05, 3.63) is 17.6 Å². The van der Waals surface area contributed by atoms with Crippen LogP contribution in [-0.2, 0) is 12.8 Å². The Morgan fingerprint density at radius 3 is 3.07 bits per heavy atom. The van der Waals surface area contributed by atoms with Crippen molar-refractivity contribution in [2.75, 3.05) is 32.1 Å². The highest BCUT2D eigenvalue weighted by Crippen LogP contribution is 2.26. The number of fused-ring (bicyclic) bond motifs is 1. The van der Waals surface area contributed by atoms with E-state index >= 15 is 0 Å². The molecule has 0 spiro atoms. The Bertz CT molecular complexity index is 337. The van der Waals surface area contributed by atoms with Crippen LogP contribution in [0.25, 0.3) is 0 Å². The fraction of sp³-hybridized carbons (Fsp3) is 0.636. The Balaban J connectivity index is 2.17. The average molecular weight is 206 g/mol. The molecule has 0 bridgehead atoms. The minimum Gasteiger partial charge on any atom is -0.358 e. The molecule has 1 aliphatic carbocycles. The second-order valence-corrected chi connectivity index (χ2v) is 4.00. The molecule has 15 heavy (non-hydrogen) atoms. The second kappa shape index (κ2) is 4.57. The molecule has 82 valence electrons. The van der Waals surface area contributed by atoms with Crippen LogP contribution in [0, 0.1) is 0 Å². The lowest BCUT2D eigenvalue weighted by atomic mass is 10.2. The van der Waals surface area contributed by atoms with Crippen LogP contribution in [0.5, 0.6) is 0 Å². The third-order valence-corrected chi connectivity index (χ3v) is 2.91. The summed E-state index contributed by atoms with van der Waals surface area (Å²) < 4.78 is 0. The first-order chi connectivity index (χ1) is 7.33. The number of aryl methyl sites for hydroxylation is 1. The summed E-state index contributed by atoms with van der Waals surface area (Å²) in [6.07, 6.45) is 5.16. The van der Waals surface area contributed by atoms with Crippen molar-refractivity contribution in [2.45, 2.75) is 19.3 Å². The van der Waals surface area contributed by atoms with Crippen LogP contribution in [0.3, 0.4) is 0 Å². The first-order valence-electron chi connectivity index (χ1n) is 5.51. The number of nitrogens with zero attached hydrogens (tertiary/aromatic N) is 3. The van der Waals surface area contributed by atoms with Gasteiger partial charge in [-0.3, -0.25) is 0 Å². The predicted molar refractivity (Wildman–Crippen MR) is 61.3 cm³/mol. The van der Waals surface area contributed by atoms with Crippen molar-refractivity contribution in [1.82, 2.24) is 15.3 Å². The normalized spacial score (nSPS) is 14.0. The van der Waals surface area contributed by atoms with E-state index < -0.39 is 0 Å². The van der Waals surface area contributed by atoms with Crippen molar-refractivity contribution in [1.29, 1.82) is 0 Å². The van der Waals surface area contributed by atoms with Gasteiger partial charge < -0.3 is 10.2 Å². The van der Waals surface area contributed by atoms with Crippen LogP contribution in [0.15, 0.2) is 6.33 Å². The maximum absolute atomic E-state index is 4.39. The predicted octanol–water partition coefficient (Wildman–Crippen LogP) is 0.621. The van der Waals surface area contributed by atoms with Gasteiger partial charge in [0.15, 0.2) is 0 Å². The van der Waals surface area contributed by atoms with Gasteiger partial charge in [-0.2, -0.15) is 0 Å². The summed E-state index contributed by atoms with van der Waals surface area (Å²) >= 11 is 0. The van der Waals surface area contributed by atoms with E-state index in [-0.39, 0.29) is 0 Å². The summed E-state index contributed by atoms with van der Waals surface area (Å²) in [6, 6.07) is 0. The van der Waals surface area contributed by atoms with Gasteiger partial charge in [0.25, 0.3) is 0 Å². The van der Waals surface area contributed by atoms with Crippen LogP contribution < -0.4 is 10.2 Å². The van der Waals surface area contributed by atoms with E-state index in [1.54, 1.807) is 6.33 Å². The maximum atomic E-state index is 4.39. The summed E-state index contributed by atoms with van der Waals surface area (Å²) in [4.78, 5) is 10.9. The zero-order valence-corrected chi connectivity index (χ0v) is 9.45. The molecule has 0 saturated heterocycles. The van der Waals surface area contributed by atoms with Gasteiger partial charge in [0.1, 0.15) is 12.1 Å². The average Bonchev–Trinajstić information content (AvgIpc) is 2.73. The minimum absolute atomic E-state index is 0.981. The van der Waals surface area contributed by atoms with E-state index in [2.05, 4.69) is 27.2 Å². The summed E-state index contributed by atoms with van der Waals surface area (Å²) in [7, 11) is 4.07. The highest BCUT2D eigenvalue weighted by atomic mass is 15.2. The van der Waals surface area contributed by atoms with Crippen LogP contribution >= 0.6 is 0 Å². The van der Waals surface area contributed by atoms with Gasteiger partial charge in [0.2, 0.25) is 0 Å². The summed E-state index contributed by atoms with van der Waals surface area (Å²) in [5.74, 6) is 1.12. The fourth-order valence-electron chi connectivity index (χ4n) is 2.06. The number of anilines is 1. The molecular weight excluding hydrogens is 188 g/mol. The SMILES string of the molecule is CNCCN(C)c1ncnc2c1CCC2. The van der Waals surface area contributed by atoms with Gasteiger partial charge in [0, 0.05) is 31.4 Å². The number of nitrogens with one attached hydrogen (secondary N) is 1. The number of hydrogen-bond donors (Lipinski definition) is 1. The summed E-state index contributed by atoms with van der Waals surface area (Å²) in [5.41, 5.74) is 2.60. The second-order valence-electron chi connectivity index (χ2n) is 4.00. The molecule has 2 rings (SSSR count). The molecule has 1 aromatic rings. The Morgan fingerprint density at radius 1 is 1.40 bits per heavy atom. The topological polar surface area (TPSA) is 41.0 Å². The highest BCUT2D eigenvalue weighted by molar-refractivity contribution is 5.49. The van der Waals surface area contributed by atoms with Crippen molar-refractivity contribution in [3.63, 3.8) is 0 Å². The van der Waals surface area contributed by atoms with E-state index in [9.17, 15) is 0 Å². The van der Waals surface area contributed by atoms with Gasteiger partial charge in [-0.15, -0.1) is 0 Å². The van der Waals surface area contributed by atoms with Crippen LogP contribution in [0.4, 0.5) is 5.82 Å². The Hall–Kier alpha value is -1.16. The summed E-state index contributed by atoms with van der Waals surface area (Å²) in [5, 5.41) is 3.15. The number of rotatable bonds is 4. The van der Waals surface area contributed by atoms with E-state index in [1.807, 2.05) is 7.05 Å². The minimum atomic E-state index is 0.981. The zero-order valence-electron chi connectivity index (χ0n) is 9.45.